The highest BCUT2D eigenvalue weighted by Gasteiger charge is 2.24. The fourth-order valence-electron chi connectivity index (χ4n) is 2.53. The van der Waals surface area contributed by atoms with Gasteiger partial charge in [-0.25, -0.2) is 4.99 Å². The summed E-state index contributed by atoms with van der Waals surface area (Å²) >= 11 is 1.25. The van der Waals surface area contributed by atoms with Crippen molar-refractivity contribution < 1.29 is 19.4 Å². The smallest absolute Gasteiger partial charge is 0.264 e. The molecule has 1 amide bonds. The molecule has 0 unspecified atom stereocenters. The molecule has 2 N–H and O–H groups in total. The van der Waals surface area contributed by atoms with Crippen molar-refractivity contribution in [1.82, 2.24) is 5.32 Å². The van der Waals surface area contributed by atoms with Crippen LogP contribution in [0.3, 0.4) is 0 Å². The number of hydrogen-bond acceptors (Lipinski definition) is 6. The van der Waals surface area contributed by atoms with Crippen LogP contribution in [0.4, 0.5) is 5.69 Å². The maximum atomic E-state index is 12.3. The number of thioether (sulfide) groups is 1. The number of rotatable bonds is 7. The standard InChI is InChI=1S/C21H22N2O4S/c1-3-4-10-27-17-9-8-14(11-18(17)26-2)12-19-20(25)23-21(28-19)22-15-6-5-7-16(24)13-15/h5-9,11-13,24H,3-4,10H2,1-2H3,(H,22,23,25)/b19-12-. The molecular formula is C21H22N2O4S. The van der Waals surface area contributed by atoms with Gasteiger partial charge in [0, 0.05) is 6.07 Å². The molecule has 0 bridgehead atoms. The molecule has 0 saturated carbocycles. The molecule has 0 atom stereocenters. The number of carbonyl (C=O) groups excluding carboxylic acids is 1. The van der Waals surface area contributed by atoms with Crippen LogP contribution < -0.4 is 14.8 Å². The summed E-state index contributed by atoms with van der Waals surface area (Å²) < 4.78 is 11.1. The molecular weight excluding hydrogens is 376 g/mol. The Labute approximate surface area is 168 Å². The van der Waals surface area contributed by atoms with Gasteiger partial charge in [0.05, 0.1) is 24.3 Å². The zero-order valence-corrected chi connectivity index (χ0v) is 16.6. The van der Waals surface area contributed by atoms with Gasteiger partial charge in [0.2, 0.25) is 0 Å². The molecule has 1 fully saturated rings. The number of aromatic hydroxyl groups is 1. The molecule has 0 radical (unpaired) electrons. The number of carbonyl (C=O) groups is 1. The van der Waals surface area contributed by atoms with Gasteiger partial charge in [-0.05, 0) is 54.1 Å². The zero-order chi connectivity index (χ0) is 19.9. The van der Waals surface area contributed by atoms with Crippen LogP contribution in [0.15, 0.2) is 52.4 Å². The molecule has 0 spiro atoms. The molecule has 6 nitrogen and oxygen atoms in total. The second-order valence-corrected chi connectivity index (χ2v) is 7.14. The lowest BCUT2D eigenvalue weighted by Gasteiger charge is -2.11. The average molecular weight is 398 g/mol. The van der Waals surface area contributed by atoms with E-state index in [2.05, 4.69) is 17.2 Å². The number of phenolic OH excluding ortho intramolecular Hbond substituents is 1. The van der Waals surface area contributed by atoms with E-state index in [4.69, 9.17) is 9.47 Å². The quantitative estimate of drug-likeness (QED) is 0.531. The molecule has 2 aromatic rings. The van der Waals surface area contributed by atoms with E-state index < -0.39 is 0 Å². The Hall–Kier alpha value is -2.93. The first-order valence-corrected chi connectivity index (χ1v) is 9.80. The summed E-state index contributed by atoms with van der Waals surface area (Å²) in [6.07, 6.45) is 3.82. The van der Waals surface area contributed by atoms with Crippen LogP contribution in [0.25, 0.3) is 6.08 Å². The molecule has 0 aliphatic carbocycles. The van der Waals surface area contributed by atoms with Gasteiger partial charge in [-0.3, -0.25) is 4.79 Å². The highest BCUT2D eigenvalue weighted by Crippen LogP contribution is 2.32. The minimum atomic E-state index is -0.217. The SMILES string of the molecule is CCCCOc1ccc(/C=C2\SC(=Nc3cccc(O)c3)NC2=O)cc1OC. The summed E-state index contributed by atoms with van der Waals surface area (Å²) in [5, 5.41) is 12.7. The number of aliphatic imine (C=N–C) groups is 1. The number of ether oxygens (including phenoxy) is 2. The van der Waals surface area contributed by atoms with Gasteiger partial charge < -0.3 is 19.9 Å². The van der Waals surface area contributed by atoms with Crippen LogP contribution in [0.1, 0.15) is 25.3 Å². The minimum absolute atomic E-state index is 0.125. The highest BCUT2D eigenvalue weighted by molar-refractivity contribution is 8.18. The third-order valence-corrected chi connectivity index (χ3v) is 4.86. The Balaban J connectivity index is 1.76. The van der Waals surface area contributed by atoms with Crippen LogP contribution in [-0.2, 0) is 4.79 Å². The van der Waals surface area contributed by atoms with Crippen molar-refractivity contribution in [3.63, 3.8) is 0 Å². The Morgan fingerprint density at radius 3 is 2.82 bits per heavy atom. The number of methoxy groups -OCH3 is 1. The van der Waals surface area contributed by atoms with Crippen LogP contribution in [-0.4, -0.2) is 29.9 Å². The van der Waals surface area contributed by atoms with Crippen LogP contribution in [0.2, 0.25) is 0 Å². The molecule has 1 aliphatic rings. The van der Waals surface area contributed by atoms with Gasteiger partial charge in [0.1, 0.15) is 5.75 Å². The van der Waals surface area contributed by atoms with Crippen molar-refractivity contribution in [3.8, 4) is 17.2 Å². The average Bonchev–Trinajstić information content (AvgIpc) is 3.01. The summed E-state index contributed by atoms with van der Waals surface area (Å²) in [4.78, 5) is 17.1. The van der Waals surface area contributed by atoms with E-state index in [1.165, 1.54) is 17.8 Å². The topological polar surface area (TPSA) is 80.2 Å². The first-order valence-electron chi connectivity index (χ1n) is 8.98. The van der Waals surface area contributed by atoms with Gasteiger partial charge in [-0.2, -0.15) is 0 Å². The van der Waals surface area contributed by atoms with Crippen LogP contribution >= 0.6 is 11.8 Å². The van der Waals surface area contributed by atoms with Crippen molar-refractivity contribution >= 4 is 34.6 Å². The summed E-state index contributed by atoms with van der Waals surface area (Å²) in [5.41, 5.74) is 1.40. The van der Waals surface area contributed by atoms with E-state index in [-0.39, 0.29) is 11.7 Å². The van der Waals surface area contributed by atoms with Crippen LogP contribution in [0, 0.1) is 0 Å². The molecule has 146 valence electrons. The number of benzene rings is 2. The molecule has 1 saturated heterocycles. The first-order chi connectivity index (χ1) is 13.6. The molecule has 3 rings (SSSR count). The second-order valence-electron chi connectivity index (χ2n) is 6.11. The van der Waals surface area contributed by atoms with Gasteiger partial charge in [0.15, 0.2) is 16.7 Å². The van der Waals surface area contributed by atoms with Crippen molar-refractivity contribution in [2.75, 3.05) is 13.7 Å². The number of amides is 1. The lowest BCUT2D eigenvalue weighted by molar-refractivity contribution is -0.115. The Kier molecular flexibility index (Phi) is 6.60. The van der Waals surface area contributed by atoms with E-state index in [0.717, 1.165) is 18.4 Å². The van der Waals surface area contributed by atoms with Crippen molar-refractivity contribution in [1.29, 1.82) is 0 Å². The lowest BCUT2D eigenvalue weighted by atomic mass is 10.2. The van der Waals surface area contributed by atoms with Gasteiger partial charge in [-0.1, -0.05) is 25.5 Å². The van der Waals surface area contributed by atoms with Crippen molar-refractivity contribution in [3.05, 3.63) is 52.9 Å². The lowest BCUT2D eigenvalue weighted by Crippen LogP contribution is -2.19. The van der Waals surface area contributed by atoms with E-state index >= 15 is 0 Å². The predicted octanol–water partition coefficient (Wildman–Crippen LogP) is 4.47. The van der Waals surface area contributed by atoms with Crippen LogP contribution in [0.5, 0.6) is 17.2 Å². The monoisotopic (exact) mass is 398 g/mol. The molecule has 7 heteroatoms. The Morgan fingerprint density at radius 1 is 1.21 bits per heavy atom. The number of amidine groups is 1. The maximum absolute atomic E-state index is 12.3. The number of phenols is 1. The molecule has 28 heavy (non-hydrogen) atoms. The third kappa shape index (κ3) is 5.07. The summed E-state index contributed by atoms with van der Waals surface area (Å²) in [6.45, 7) is 2.75. The summed E-state index contributed by atoms with van der Waals surface area (Å²) in [7, 11) is 1.59. The number of nitrogens with one attached hydrogen (secondary N) is 1. The van der Waals surface area contributed by atoms with Gasteiger partial charge >= 0.3 is 0 Å². The zero-order valence-electron chi connectivity index (χ0n) is 15.8. The Morgan fingerprint density at radius 2 is 2.07 bits per heavy atom. The largest absolute Gasteiger partial charge is 0.508 e. The molecule has 2 aromatic carbocycles. The fourth-order valence-corrected chi connectivity index (χ4v) is 3.37. The predicted molar refractivity (Wildman–Crippen MR) is 112 cm³/mol. The third-order valence-electron chi connectivity index (χ3n) is 3.95. The van der Waals surface area contributed by atoms with E-state index in [0.29, 0.717) is 33.9 Å². The van der Waals surface area contributed by atoms with E-state index in [1.54, 1.807) is 31.4 Å². The minimum Gasteiger partial charge on any atom is -0.508 e. The summed E-state index contributed by atoms with van der Waals surface area (Å²) in [6, 6.07) is 12.1. The number of unbranched alkanes of at least 4 members (excludes halogenated alkanes) is 1. The molecule has 0 aromatic heterocycles. The van der Waals surface area contributed by atoms with E-state index in [1.807, 2.05) is 18.2 Å². The maximum Gasteiger partial charge on any atom is 0.264 e. The second kappa shape index (κ2) is 9.32. The fraction of sp³-hybridized carbons (Fsp3) is 0.238. The van der Waals surface area contributed by atoms with Gasteiger partial charge in [0.25, 0.3) is 5.91 Å². The Bertz CT molecular complexity index is 924. The molecule has 1 heterocycles. The summed E-state index contributed by atoms with van der Waals surface area (Å²) in [5.74, 6) is 1.22. The number of nitrogens with zero attached hydrogens (tertiary/aromatic N) is 1. The van der Waals surface area contributed by atoms with Crippen molar-refractivity contribution in [2.45, 2.75) is 19.8 Å². The number of hydrogen-bond donors (Lipinski definition) is 2. The molecule has 1 aliphatic heterocycles. The highest BCUT2D eigenvalue weighted by atomic mass is 32.2. The van der Waals surface area contributed by atoms with Crippen molar-refractivity contribution in [2.24, 2.45) is 4.99 Å². The normalized spacial score (nSPS) is 16.4. The van der Waals surface area contributed by atoms with Gasteiger partial charge in [-0.15, -0.1) is 0 Å². The van der Waals surface area contributed by atoms with E-state index in [9.17, 15) is 9.90 Å². The first kappa shape index (κ1) is 19.8.